The molecule has 2 N–H and O–H groups in total. The Morgan fingerprint density at radius 2 is 2.27 bits per heavy atom. The zero-order chi connectivity index (χ0) is 8.65. The maximum atomic E-state index is 11.1. The van der Waals surface area contributed by atoms with E-state index in [1.54, 1.807) is 6.92 Å². The van der Waals surface area contributed by atoms with E-state index < -0.39 is 16.3 Å². The van der Waals surface area contributed by atoms with Crippen LogP contribution in [0.5, 0.6) is 0 Å². The molecule has 0 aromatic heterocycles. The smallest absolute Gasteiger partial charge is 0.271 e. The summed E-state index contributed by atoms with van der Waals surface area (Å²) >= 11 is 3.05. The van der Waals surface area contributed by atoms with Gasteiger partial charge in [-0.05, 0) is 6.92 Å². The van der Waals surface area contributed by atoms with Crippen LogP contribution in [0, 0.1) is 0 Å². The predicted octanol–water partition coefficient (Wildman–Crippen LogP) is 0.0467. The molecule has 60 valence electrons. The second-order valence-electron chi connectivity index (χ2n) is 2.29. The molecule has 0 spiro atoms. The number of hydrazine groups is 1. The molecule has 1 rings (SSSR count). The first kappa shape index (κ1) is 8.35. The molecule has 0 aliphatic carbocycles. The minimum absolute atomic E-state index is 0.481. The molecule has 1 atom stereocenters. The van der Waals surface area contributed by atoms with Gasteiger partial charge >= 0.3 is 6.03 Å². The number of hydrogen-bond acceptors (Lipinski definition) is 3. The summed E-state index contributed by atoms with van der Waals surface area (Å²) in [7, 11) is 0. The molecule has 1 heterocycles. The zero-order valence-electron chi connectivity index (χ0n) is 5.74. The molecule has 11 heavy (non-hydrogen) atoms. The molecule has 5 nitrogen and oxygen atoms in total. The molecule has 1 aliphatic heterocycles. The summed E-state index contributed by atoms with van der Waals surface area (Å²) in [6, 6.07) is -0.744. The molecule has 0 aromatic carbocycles. The second-order valence-corrected chi connectivity index (χ2v) is 3.94. The number of hydrogen-bond donors (Lipinski definition) is 1. The highest BCUT2D eigenvalue weighted by Gasteiger charge is 2.38. The van der Waals surface area contributed by atoms with E-state index in [1.807, 2.05) is 0 Å². The second kappa shape index (κ2) is 2.38. The van der Waals surface area contributed by atoms with E-state index >= 15 is 0 Å². The molecule has 0 saturated heterocycles. The minimum atomic E-state index is -0.949. The van der Waals surface area contributed by atoms with Crippen LogP contribution >= 0.6 is 15.9 Å². The Balaban J connectivity index is 3.04. The predicted molar refractivity (Wildman–Crippen MR) is 42.3 cm³/mol. The van der Waals surface area contributed by atoms with Gasteiger partial charge in [-0.2, -0.15) is 5.01 Å². The first-order valence-electron chi connectivity index (χ1n) is 2.82. The van der Waals surface area contributed by atoms with E-state index in [-0.39, 0.29) is 0 Å². The molecule has 6 heteroatoms. The molecular weight excluding hydrogens is 214 g/mol. The molecule has 0 fully saturated rings. The summed E-state index contributed by atoms with van der Waals surface area (Å²) in [5.74, 6) is 4.57. The number of rotatable bonds is 0. The van der Waals surface area contributed by atoms with Crippen molar-refractivity contribution in [2.24, 2.45) is 10.8 Å². The number of imide groups is 1. The fourth-order valence-electron chi connectivity index (χ4n) is 0.616. The Kier molecular flexibility index (Phi) is 1.81. The summed E-state index contributed by atoms with van der Waals surface area (Å²) in [4.78, 5) is 25.1. The summed E-state index contributed by atoms with van der Waals surface area (Å²) in [5, 5.41) is 0.481. The fourth-order valence-corrected chi connectivity index (χ4v) is 0.910. The van der Waals surface area contributed by atoms with Gasteiger partial charge < -0.3 is 0 Å². The zero-order valence-corrected chi connectivity index (χ0v) is 7.33. The normalized spacial score (nSPS) is 31.4. The number of urea groups is 1. The van der Waals surface area contributed by atoms with E-state index in [0.717, 1.165) is 0 Å². The fraction of sp³-hybridized carbons (Fsp3) is 0.400. The van der Waals surface area contributed by atoms with Gasteiger partial charge in [0.25, 0.3) is 5.91 Å². The highest BCUT2D eigenvalue weighted by Crippen LogP contribution is 2.20. The Morgan fingerprint density at radius 3 is 2.73 bits per heavy atom. The van der Waals surface area contributed by atoms with E-state index in [0.29, 0.717) is 5.01 Å². The van der Waals surface area contributed by atoms with Crippen LogP contribution in [-0.4, -0.2) is 27.5 Å². The number of nitrogens with two attached hydrogens (primary N) is 1. The van der Waals surface area contributed by atoms with Crippen LogP contribution in [0.4, 0.5) is 4.79 Å². The quantitative estimate of drug-likeness (QED) is 0.356. The number of carbonyl (C=O) groups excluding carboxylic acids is 2. The third kappa shape index (κ3) is 1.31. The van der Waals surface area contributed by atoms with E-state index in [9.17, 15) is 9.59 Å². The van der Waals surface area contributed by atoms with Gasteiger partial charge in [0.1, 0.15) is 4.32 Å². The lowest BCUT2D eigenvalue weighted by Gasteiger charge is -2.24. The summed E-state index contributed by atoms with van der Waals surface area (Å²) in [6.07, 6.45) is 1.22. The Labute approximate surface area is 71.3 Å². The monoisotopic (exact) mass is 219 g/mol. The summed E-state index contributed by atoms with van der Waals surface area (Å²) in [6.45, 7) is 1.56. The van der Waals surface area contributed by atoms with Crippen LogP contribution in [0.25, 0.3) is 0 Å². The molecular formula is C5H6BrN3O2. The van der Waals surface area contributed by atoms with Crippen molar-refractivity contribution in [1.82, 2.24) is 5.01 Å². The highest BCUT2D eigenvalue weighted by atomic mass is 79.9. The lowest BCUT2D eigenvalue weighted by atomic mass is 10.1. The molecule has 0 bridgehead atoms. The van der Waals surface area contributed by atoms with E-state index in [4.69, 9.17) is 5.84 Å². The van der Waals surface area contributed by atoms with Crippen molar-refractivity contribution >= 4 is 34.1 Å². The molecule has 1 unspecified atom stereocenters. The Bertz CT molecular complexity index is 248. The van der Waals surface area contributed by atoms with Gasteiger partial charge in [0, 0.05) is 6.21 Å². The van der Waals surface area contributed by atoms with Crippen LogP contribution < -0.4 is 5.84 Å². The largest absolute Gasteiger partial charge is 0.364 e. The van der Waals surface area contributed by atoms with Crippen molar-refractivity contribution in [2.45, 2.75) is 11.2 Å². The van der Waals surface area contributed by atoms with Gasteiger partial charge in [-0.1, -0.05) is 15.9 Å². The van der Waals surface area contributed by atoms with Crippen molar-refractivity contribution in [1.29, 1.82) is 0 Å². The number of alkyl halides is 1. The van der Waals surface area contributed by atoms with Crippen LogP contribution in [0.2, 0.25) is 0 Å². The molecule has 0 aromatic rings. The van der Waals surface area contributed by atoms with Gasteiger partial charge in [-0.3, -0.25) is 4.79 Å². The van der Waals surface area contributed by atoms with Crippen molar-refractivity contribution in [3.63, 3.8) is 0 Å². The number of nitrogens with zero attached hydrogens (tertiary/aromatic N) is 2. The number of amides is 3. The first-order chi connectivity index (χ1) is 4.95. The van der Waals surface area contributed by atoms with Gasteiger partial charge in [-0.25, -0.2) is 15.6 Å². The minimum Gasteiger partial charge on any atom is -0.271 e. The number of carbonyl (C=O) groups is 2. The standard InChI is InChI=1S/C5H6BrN3O2/c1-5(6)2-8-4(11)9(7)3(5)10/h2H,7H2,1H3. The maximum Gasteiger partial charge on any atom is 0.364 e. The number of aliphatic imine (C=N–C) groups is 1. The van der Waals surface area contributed by atoms with Gasteiger partial charge in [0.05, 0.1) is 0 Å². The third-order valence-corrected chi connectivity index (χ3v) is 1.80. The summed E-state index contributed by atoms with van der Waals surface area (Å²) in [5.41, 5.74) is 0. The average molecular weight is 220 g/mol. The van der Waals surface area contributed by atoms with Gasteiger partial charge in [0.2, 0.25) is 0 Å². The lowest BCUT2D eigenvalue weighted by Crippen LogP contribution is -2.53. The van der Waals surface area contributed by atoms with Crippen LogP contribution in [0.1, 0.15) is 6.92 Å². The van der Waals surface area contributed by atoms with Crippen molar-refractivity contribution in [3.05, 3.63) is 0 Å². The van der Waals surface area contributed by atoms with E-state index in [1.165, 1.54) is 6.21 Å². The Morgan fingerprint density at radius 1 is 1.73 bits per heavy atom. The van der Waals surface area contributed by atoms with Crippen molar-refractivity contribution in [3.8, 4) is 0 Å². The SMILES string of the molecule is CC1(Br)C=NC(=O)N(N)C1=O. The maximum absolute atomic E-state index is 11.1. The van der Waals surface area contributed by atoms with Crippen LogP contribution in [-0.2, 0) is 4.79 Å². The van der Waals surface area contributed by atoms with Gasteiger partial charge in [-0.15, -0.1) is 0 Å². The Hall–Kier alpha value is -0.750. The highest BCUT2D eigenvalue weighted by molar-refractivity contribution is 9.10. The van der Waals surface area contributed by atoms with Crippen LogP contribution in [0.3, 0.4) is 0 Å². The van der Waals surface area contributed by atoms with Crippen molar-refractivity contribution < 1.29 is 9.59 Å². The third-order valence-electron chi connectivity index (χ3n) is 1.26. The number of halogens is 1. The van der Waals surface area contributed by atoms with Gasteiger partial charge in [0.15, 0.2) is 0 Å². The molecule has 3 amide bonds. The van der Waals surface area contributed by atoms with Crippen LogP contribution in [0.15, 0.2) is 4.99 Å². The molecule has 1 aliphatic rings. The summed E-state index contributed by atoms with van der Waals surface area (Å²) < 4.78 is -0.949. The van der Waals surface area contributed by atoms with E-state index in [2.05, 4.69) is 20.9 Å². The molecule has 0 saturated carbocycles. The lowest BCUT2D eigenvalue weighted by molar-refractivity contribution is -0.128. The molecule has 0 radical (unpaired) electrons. The topological polar surface area (TPSA) is 75.8 Å². The first-order valence-corrected chi connectivity index (χ1v) is 3.62. The van der Waals surface area contributed by atoms with Crippen molar-refractivity contribution in [2.75, 3.05) is 0 Å². The average Bonchev–Trinajstić information content (AvgIpc) is 1.95.